The number of alkyl halides is 6. The molecular weight excluding hydrogens is 554 g/mol. The van der Waals surface area contributed by atoms with E-state index in [9.17, 15) is 22.8 Å². The van der Waals surface area contributed by atoms with Crippen LogP contribution in [0.15, 0.2) is 59.6 Å². The monoisotopic (exact) mass is 575 g/mol. The molecule has 0 radical (unpaired) electrons. The first kappa shape index (κ1) is 27.5. The van der Waals surface area contributed by atoms with Crippen LogP contribution in [0.1, 0.15) is 24.8 Å². The maximum absolute atomic E-state index is 13.4. The molecule has 0 saturated carbocycles. The summed E-state index contributed by atoms with van der Waals surface area (Å²) in [5.41, 5.74) is -0.683. The molecule has 1 atom stereocenters. The lowest BCUT2D eigenvalue weighted by Crippen LogP contribution is -2.63. The zero-order valence-corrected chi connectivity index (χ0v) is 21.9. The van der Waals surface area contributed by atoms with Gasteiger partial charge in [0.25, 0.3) is 5.91 Å². The van der Waals surface area contributed by atoms with Gasteiger partial charge in [-0.1, -0.05) is 65.5 Å². The highest BCUT2D eigenvalue weighted by molar-refractivity contribution is 6.68. The molecule has 0 aliphatic carbocycles. The molecule has 37 heavy (non-hydrogen) atoms. The summed E-state index contributed by atoms with van der Waals surface area (Å²) in [4.78, 5) is 34.3. The fraction of sp³-hybridized carbons (Fsp3) is 0.375. The van der Waals surface area contributed by atoms with Crippen molar-refractivity contribution in [2.75, 3.05) is 30.4 Å². The Bertz CT molecular complexity index is 1200. The van der Waals surface area contributed by atoms with E-state index in [1.165, 1.54) is 13.1 Å². The molecule has 0 bridgehead atoms. The van der Waals surface area contributed by atoms with Crippen molar-refractivity contribution < 1.29 is 22.8 Å². The molecule has 0 spiro atoms. The molecule has 2 aliphatic heterocycles. The molecule has 7 nitrogen and oxygen atoms in total. The van der Waals surface area contributed by atoms with E-state index in [-0.39, 0.29) is 5.69 Å². The highest BCUT2D eigenvalue weighted by Crippen LogP contribution is 2.45. The number of imide groups is 1. The molecule has 2 fully saturated rings. The molecule has 2 aromatic carbocycles. The van der Waals surface area contributed by atoms with Crippen LogP contribution in [0.4, 0.5) is 29.3 Å². The van der Waals surface area contributed by atoms with Gasteiger partial charge in [-0.05, 0) is 43.2 Å². The first-order valence-corrected chi connectivity index (χ1v) is 12.5. The topological polar surface area (TPSA) is 68.2 Å². The van der Waals surface area contributed by atoms with Crippen LogP contribution in [0.5, 0.6) is 0 Å². The normalized spacial score (nSPS) is 20.5. The molecule has 2 saturated heterocycles. The minimum Gasteiger partial charge on any atom is -0.345 e. The number of amidine groups is 1. The van der Waals surface area contributed by atoms with Crippen molar-refractivity contribution in [3.8, 4) is 0 Å². The molecule has 2 heterocycles. The Labute approximate surface area is 226 Å². The summed E-state index contributed by atoms with van der Waals surface area (Å²) in [6, 6.07) is 11.9. The summed E-state index contributed by atoms with van der Waals surface area (Å²) in [5.74, 6) is -3.21. The number of nitrogens with one attached hydrogen (secondary N) is 1. The number of carbonyl (C=O) groups excluding carboxylic acids is 2. The molecule has 0 aromatic heterocycles. The van der Waals surface area contributed by atoms with E-state index in [2.05, 4.69) is 10.3 Å². The standard InChI is InChI=1S/C24H23Cl3F3N5O2/c1-33-20(36)19(35(21(33)37)18-12-8-9-16(15-18)22(28,29)30)32-24(23(25,26)27,34-13-6-3-7-14-34)31-17-10-4-2-5-11-17/h2,4-5,8-12,15,31H,3,6-7,13-14H2,1H3. The van der Waals surface area contributed by atoms with Gasteiger partial charge < -0.3 is 5.32 Å². The number of benzene rings is 2. The van der Waals surface area contributed by atoms with Gasteiger partial charge in [0.2, 0.25) is 15.4 Å². The Morgan fingerprint density at radius 2 is 1.57 bits per heavy atom. The molecule has 4 rings (SSSR count). The second kappa shape index (κ2) is 10.3. The van der Waals surface area contributed by atoms with Crippen LogP contribution in [0, 0.1) is 0 Å². The number of urea groups is 1. The summed E-state index contributed by atoms with van der Waals surface area (Å²) < 4.78 is 38.1. The number of para-hydroxylation sites is 1. The van der Waals surface area contributed by atoms with Gasteiger partial charge in [-0.3, -0.25) is 14.6 Å². The lowest BCUT2D eigenvalue weighted by molar-refractivity contribution is -0.137. The van der Waals surface area contributed by atoms with Crippen LogP contribution < -0.4 is 10.2 Å². The third-order valence-corrected chi connectivity index (χ3v) is 6.98. The van der Waals surface area contributed by atoms with E-state index in [1.807, 2.05) is 0 Å². The van der Waals surface area contributed by atoms with Crippen LogP contribution in [0.25, 0.3) is 0 Å². The Kier molecular flexibility index (Phi) is 7.67. The highest BCUT2D eigenvalue weighted by Gasteiger charge is 2.56. The Balaban J connectivity index is 1.93. The van der Waals surface area contributed by atoms with Gasteiger partial charge in [0, 0.05) is 25.8 Å². The van der Waals surface area contributed by atoms with E-state index >= 15 is 0 Å². The molecule has 3 amide bonds. The van der Waals surface area contributed by atoms with Gasteiger partial charge >= 0.3 is 12.2 Å². The summed E-state index contributed by atoms with van der Waals surface area (Å²) >= 11 is 19.7. The van der Waals surface area contributed by atoms with Crippen LogP contribution in [0.2, 0.25) is 0 Å². The van der Waals surface area contributed by atoms with E-state index in [0.29, 0.717) is 18.8 Å². The van der Waals surface area contributed by atoms with Crippen molar-refractivity contribution in [2.24, 2.45) is 4.99 Å². The van der Waals surface area contributed by atoms with E-state index in [0.717, 1.165) is 47.3 Å². The molecule has 2 aliphatic rings. The van der Waals surface area contributed by atoms with Gasteiger partial charge in [-0.25, -0.2) is 14.7 Å². The molecule has 1 N–H and O–H groups in total. The van der Waals surface area contributed by atoms with Crippen LogP contribution in [-0.4, -0.2) is 57.3 Å². The number of carbonyl (C=O) groups is 2. The van der Waals surface area contributed by atoms with Gasteiger partial charge in [-0.2, -0.15) is 13.2 Å². The number of likely N-dealkylation sites (N-methyl/N-ethyl adjacent to an activating group) is 1. The minimum atomic E-state index is -4.67. The van der Waals surface area contributed by atoms with Gasteiger partial charge in [-0.15, -0.1) is 0 Å². The number of piperidine rings is 1. The van der Waals surface area contributed by atoms with E-state index in [4.69, 9.17) is 34.8 Å². The molecule has 198 valence electrons. The average Bonchev–Trinajstić information content (AvgIpc) is 3.07. The molecule has 2 aromatic rings. The lowest BCUT2D eigenvalue weighted by Gasteiger charge is -2.47. The van der Waals surface area contributed by atoms with Gasteiger partial charge in [0.05, 0.1) is 11.3 Å². The van der Waals surface area contributed by atoms with Crippen LogP contribution in [-0.2, 0) is 11.0 Å². The van der Waals surface area contributed by atoms with Crippen LogP contribution >= 0.6 is 34.8 Å². The first-order valence-electron chi connectivity index (χ1n) is 11.4. The third kappa shape index (κ3) is 5.38. The average molecular weight is 577 g/mol. The number of likely N-dealkylation sites (tertiary alicyclic amines) is 1. The largest absolute Gasteiger partial charge is 0.416 e. The van der Waals surface area contributed by atoms with E-state index < -0.39 is 39.1 Å². The summed E-state index contributed by atoms with van der Waals surface area (Å²) in [6.45, 7) is 0.901. The number of rotatable bonds is 5. The summed E-state index contributed by atoms with van der Waals surface area (Å²) in [7, 11) is 1.20. The predicted octanol–water partition coefficient (Wildman–Crippen LogP) is 6.12. The Hall–Kier alpha value is -2.53. The fourth-order valence-electron chi connectivity index (χ4n) is 4.31. The lowest BCUT2D eigenvalue weighted by atomic mass is 10.1. The second-order valence-corrected chi connectivity index (χ2v) is 11.0. The summed E-state index contributed by atoms with van der Waals surface area (Å²) in [5, 5.41) is 3.14. The summed E-state index contributed by atoms with van der Waals surface area (Å²) in [6.07, 6.45) is -2.22. The highest BCUT2D eigenvalue weighted by atomic mass is 35.6. The van der Waals surface area contributed by atoms with Crippen molar-refractivity contribution >= 4 is 64.0 Å². The fourth-order valence-corrected chi connectivity index (χ4v) is 4.94. The van der Waals surface area contributed by atoms with Crippen molar-refractivity contribution in [1.82, 2.24) is 9.80 Å². The van der Waals surface area contributed by atoms with Crippen molar-refractivity contribution in [2.45, 2.75) is 35.0 Å². The smallest absolute Gasteiger partial charge is 0.345 e. The van der Waals surface area contributed by atoms with E-state index in [1.54, 1.807) is 35.2 Å². The molecule has 13 heteroatoms. The predicted molar refractivity (Wildman–Crippen MR) is 138 cm³/mol. The Morgan fingerprint density at radius 3 is 2.16 bits per heavy atom. The first-order chi connectivity index (χ1) is 17.3. The maximum atomic E-state index is 13.4. The molecule has 1 unspecified atom stereocenters. The number of nitrogens with zero attached hydrogens (tertiary/aromatic N) is 4. The zero-order chi connectivity index (χ0) is 27.0. The second-order valence-electron chi connectivity index (χ2n) is 8.67. The number of hydrogen-bond donors (Lipinski definition) is 1. The van der Waals surface area contributed by atoms with Gasteiger partial charge in [0.1, 0.15) is 0 Å². The number of amides is 3. The number of anilines is 2. The number of aliphatic imine (C=N–C) groups is 1. The number of halogens is 6. The molecular formula is C24H23Cl3F3N5O2. The van der Waals surface area contributed by atoms with Crippen LogP contribution in [0.3, 0.4) is 0 Å². The van der Waals surface area contributed by atoms with Crippen molar-refractivity contribution in [1.29, 1.82) is 0 Å². The third-order valence-electron chi connectivity index (χ3n) is 6.19. The van der Waals surface area contributed by atoms with Gasteiger partial charge in [0.15, 0.2) is 0 Å². The van der Waals surface area contributed by atoms with Crippen molar-refractivity contribution in [3.63, 3.8) is 0 Å². The maximum Gasteiger partial charge on any atom is 0.416 e. The Morgan fingerprint density at radius 1 is 0.919 bits per heavy atom. The SMILES string of the molecule is CN1C(=O)C(=NC(Nc2ccccc2)(N2CCCCC2)C(Cl)(Cl)Cl)N(c2cccc(C(F)(F)F)c2)C1=O. The zero-order valence-electron chi connectivity index (χ0n) is 19.6. The minimum absolute atomic E-state index is 0.201. The van der Waals surface area contributed by atoms with Crippen molar-refractivity contribution in [3.05, 3.63) is 60.2 Å². The quantitative estimate of drug-likeness (QED) is 0.344. The number of hydrogen-bond acceptors (Lipinski definition) is 5.